The van der Waals surface area contributed by atoms with Crippen molar-refractivity contribution in [2.75, 3.05) is 18.8 Å². The van der Waals surface area contributed by atoms with Crippen molar-refractivity contribution in [2.45, 2.75) is 12.2 Å². The van der Waals surface area contributed by atoms with E-state index in [0.29, 0.717) is 13.1 Å². The topological polar surface area (TPSA) is 51.1 Å². The summed E-state index contributed by atoms with van der Waals surface area (Å²) in [5.41, 5.74) is 3.10. The third-order valence-electron chi connectivity index (χ3n) is 4.10. The maximum atomic E-state index is 12.3. The molecule has 0 radical (unpaired) electrons. The van der Waals surface area contributed by atoms with Gasteiger partial charge in [0.25, 0.3) is 0 Å². The maximum absolute atomic E-state index is 12.3. The van der Waals surface area contributed by atoms with Gasteiger partial charge in [-0.05, 0) is 18.6 Å². The van der Waals surface area contributed by atoms with Crippen molar-refractivity contribution >= 4 is 20.7 Å². The molecular formula is C14H18N2O2S. The van der Waals surface area contributed by atoms with Crippen LogP contribution in [0.2, 0.25) is 0 Å². The smallest absolute Gasteiger partial charge is 0.159 e. The summed E-state index contributed by atoms with van der Waals surface area (Å²) in [4.78, 5) is 0. The molecule has 0 spiro atoms. The first-order valence-corrected chi connectivity index (χ1v) is 8.20. The van der Waals surface area contributed by atoms with E-state index < -0.39 is 15.1 Å². The monoisotopic (exact) mass is 278 g/mol. The summed E-state index contributed by atoms with van der Waals surface area (Å²) in [6.45, 7) is 3.07. The highest BCUT2D eigenvalue weighted by Crippen LogP contribution is 2.35. The van der Waals surface area contributed by atoms with Crippen LogP contribution in [-0.4, -0.2) is 31.8 Å². The van der Waals surface area contributed by atoms with Crippen LogP contribution in [0.15, 0.2) is 24.3 Å². The lowest BCUT2D eigenvalue weighted by Crippen LogP contribution is -2.38. The Morgan fingerprint density at radius 1 is 1.32 bits per heavy atom. The summed E-state index contributed by atoms with van der Waals surface area (Å²) in [5, 5.41) is 3.83. The summed E-state index contributed by atoms with van der Waals surface area (Å²) in [5.74, 6) is 0.223. The van der Waals surface area contributed by atoms with E-state index in [4.69, 9.17) is 0 Å². The summed E-state index contributed by atoms with van der Waals surface area (Å²) in [6, 6.07) is 8.00. The van der Waals surface area contributed by atoms with Crippen LogP contribution >= 0.6 is 0 Å². The number of fused-ring (bicyclic) bond motifs is 1. The van der Waals surface area contributed by atoms with E-state index in [-0.39, 0.29) is 5.75 Å². The van der Waals surface area contributed by atoms with Gasteiger partial charge in [-0.1, -0.05) is 18.2 Å². The number of aryl methyl sites for hydroxylation is 1. The fourth-order valence-corrected chi connectivity index (χ4v) is 4.70. The molecule has 1 aromatic heterocycles. The van der Waals surface area contributed by atoms with Crippen LogP contribution in [0.4, 0.5) is 0 Å². The number of nitrogens with zero attached hydrogens (tertiary/aromatic N) is 1. The van der Waals surface area contributed by atoms with Gasteiger partial charge in [0.1, 0.15) is 5.25 Å². The molecule has 1 aromatic carbocycles. The minimum Gasteiger partial charge on any atom is -0.348 e. The lowest BCUT2D eigenvalue weighted by molar-refractivity contribution is 0.551. The second kappa shape index (κ2) is 4.35. The molecule has 0 aliphatic carbocycles. The normalized spacial score (nSPS) is 22.7. The molecule has 1 fully saturated rings. The number of sulfone groups is 1. The van der Waals surface area contributed by atoms with Crippen LogP contribution in [-0.2, 0) is 16.9 Å². The van der Waals surface area contributed by atoms with Crippen molar-refractivity contribution in [1.82, 2.24) is 9.88 Å². The van der Waals surface area contributed by atoms with Crippen molar-refractivity contribution in [1.29, 1.82) is 0 Å². The molecule has 0 bridgehead atoms. The molecule has 19 heavy (non-hydrogen) atoms. The zero-order chi connectivity index (χ0) is 13.6. The van der Waals surface area contributed by atoms with Crippen molar-refractivity contribution in [3.8, 4) is 0 Å². The van der Waals surface area contributed by atoms with E-state index >= 15 is 0 Å². The molecule has 1 atom stereocenters. The molecule has 2 heterocycles. The Hall–Kier alpha value is -1.33. The van der Waals surface area contributed by atoms with Crippen LogP contribution < -0.4 is 5.32 Å². The average molecular weight is 278 g/mol. The molecule has 2 aromatic rings. The van der Waals surface area contributed by atoms with Crippen LogP contribution in [0, 0.1) is 6.92 Å². The lowest BCUT2D eigenvalue weighted by atomic mass is 10.1. The third kappa shape index (κ3) is 1.88. The Morgan fingerprint density at radius 3 is 2.79 bits per heavy atom. The molecule has 0 amide bonds. The highest BCUT2D eigenvalue weighted by atomic mass is 32.2. The molecule has 1 saturated heterocycles. The van der Waals surface area contributed by atoms with Crippen LogP contribution in [0.25, 0.3) is 10.9 Å². The fourth-order valence-electron chi connectivity index (χ4n) is 2.95. The van der Waals surface area contributed by atoms with E-state index in [9.17, 15) is 8.42 Å². The summed E-state index contributed by atoms with van der Waals surface area (Å²) >= 11 is 0. The van der Waals surface area contributed by atoms with Gasteiger partial charge in [-0.15, -0.1) is 0 Å². The predicted octanol–water partition coefficient (Wildman–Crippen LogP) is 1.55. The summed E-state index contributed by atoms with van der Waals surface area (Å²) in [7, 11) is -1.06. The molecule has 1 aliphatic heterocycles. The van der Waals surface area contributed by atoms with E-state index in [0.717, 1.165) is 22.2 Å². The van der Waals surface area contributed by atoms with Crippen molar-refractivity contribution < 1.29 is 8.42 Å². The highest BCUT2D eigenvalue weighted by molar-refractivity contribution is 7.91. The number of para-hydroxylation sites is 1. The van der Waals surface area contributed by atoms with Gasteiger partial charge < -0.3 is 9.88 Å². The molecule has 1 unspecified atom stereocenters. The number of rotatable bonds is 1. The predicted molar refractivity (Wildman–Crippen MR) is 77.1 cm³/mol. The molecule has 1 aliphatic rings. The van der Waals surface area contributed by atoms with Crippen LogP contribution in [0.5, 0.6) is 0 Å². The Kier molecular flexibility index (Phi) is 2.91. The van der Waals surface area contributed by atoms with Crippen LogP contribution in [0.3, 0.4) is 0 Å². The first kappa shape index (κ1) is 12.7. The van der Waals surface area contributed by atoms with Gasteiger partial charge in [0.15, 0.2) is 9.84 Å². The molecule has 0 saturated carbocycles. The number of hydrogen-bond donors (Lipinski definition) is 1. The van der Waals surface area contributed by atoms with E-state index in [1.165, 1.54) is 0 Å². The Bertz CT molecular complexity index is 731. The second-order valence-corrected chi connectivity index (χ2v) is 7.44. The van der Waals surface area contributed by atoms with E-state index in [1.54, 1.807) is 0 Å². The van der Waals surface area contributed by atoms with Crippen molar-refractivity contribution in [2.24, 2.45) is 7.05 Å². The summed E-state index contributed by atoms with van der Waals surface area (Å²) < 4.78 is 26.8. The Morgan fingerprint density at radius 2 is 2.05 bits per heavy atom. The molecule has 3 rings (SSSR count). The largest absolute Gasteiger partial charge is 0.348 e. The Labute approximate surface area is 113 Å². The van der Waals surface area contributed by atoms with E-state index in [1.807, 2.05) is 38.2 Å². The molecule has 4 nitrogen and oxygen atoms in total. The van der Waals surface area contributed by atoms with Crippen molar-refractivity contribution in [3.05, 3.63) is 35.5 Å². The van der Waals surface area contributed by atoms with Gasteiger partial charge in [0, 0.05) is 36.7 Å². The van der Waals surface area contributed by atoms with Gasteiger partial charge >= 0.3 is 0 Å². The second-order valence-electron chi connectivity index (χ2n) is 5.14. The maximum Gasteiger partial charge on any atom is 0.159 e. The minimum atomic E-state index is -3.05. The number of benzene rings is 1. The quantitative estimate of drug-likeness (QED) is 0.861. The third-order valence-corrected chi connectivity index (χ3v) is 6.14. The standard InChI is InChI=1S/C14H18N2O2S/c1-10-14(13-9-15-7-8-19(13,17)18)11-5-3-4-6-12(11)16(10)2/h3-6,13,15H,7-9H2,1-2H3. The zero-order valence-electron chi connectivity index (χ0n) is 11.2. The zero-order valence-corrected chi connectivity index (χ0v) is 12.0. The van der Waals surface area contributed by atoms with Gasteiger partial charge in [-0.3, -0.25) is 0 Å². The van der Waals surface area contributed by atoms with E-state index in [2.05, 4.69) is 9.88 Å². The first-order valence-electron chi connectivity index (χ1n) is 6.48. The molecule has 1 N–H and O–H groups in total. The molecule has 102 valence electrons. The number of aromatic nitrogens is 1. The van der Waals surface area contributed by atoms with Gasteiger partial charge in [0.2, 0.25) is 0 Å². The first-order chi connectivity index (χ1) is 9.02. The lowest BCUT2D eigenvalue weighted by Gasteiger charge is -2.24. The minimum absolute atomic E-state index is 0.223. The average Bonchev–Trinajstić information content (AvgIpc) is 2.63. The van der Waals surface area contributed by atoms with Crippen molar-refractivity contribution in [3.63, 3.8) is 0 Å². The highest BCUT2D eigenvalue weighted by Gasteiger charge is 2.33. The van der Waals surface area contributed by atoms with Gasteiger partial charge in [0.05, 0.1) is 5.75 Å². The molecule has 5 heteroatoms. The summed E-state index contributed by atoms with van der Waals surface area (Å²) in [6.07, 6.45) is 0. The van der Waals surface area contributed by atoms with Gasteiger partial charge in [-0.2, -0.15) is 0 Å². The van der Waals surface area contributed by atoms with Crippen LogP contribution in [0.1, 0.15) is 16.5 Å². The molecular weight excluding hydrogens is 260 g/mol. The number of hydrogen-bond acceptors (Lipinski definition) is 3. The Balaban J connectivity index is 2.28. The van der Waals surface area contributed by atoms with Gasteiger partial charge in [-0.25, -0.2) is 8.42 Å². The SMILES string of the molecule is Cc1c(C2CNCCS2(=O)=O)c2ccccc2n1C. The fraction of sp³-hybridized carbons (Fsp3) is 0.429. The number of nitrogens with one attached hydrogen (secondary N) is 1.